The summed E-state index contributed by atoms with van der Waals surface area (Å²) >= 11 is 0. The van der Waals surface area contributed by atoms with Crippen LogP contribution in [0.1, 0.15) is 33.6 Å². The topological polar surface area (TPSA) is 17.1 Å². The van der Waals surface area contributed by atoms with Crippen molar-refractivity contribution in [3.8, 4) is 0 Å². The predicted octanol–water partition coefficient (Wildman–Crippen LogP) is 2.57. The third-order valence-corrected chi connectivity index (χ3v) is 2.12. The van der Waals surface area contributed by atoms with Gasteiger partial charge in [0.05, 0.1) is 0 Å². The number of allylic oxidation sites excluding steroid dienone is 2. The second-order valence-corrected chi connectivity index (χ2v) is 3.92. The summed E-state index contributed by atoms with van der Waals surface area (Å²) in [5, 5.41) is 0. The fraction of sp³-hybridized carbons (Fsp3) is 0.700. The summed E-state index contributed by atoms with van der Waals surface area (Å²) in [6, 6.07) is 0. The van der Waals surface area contributed by atoms with E-state index in [-0.39, 0.29) is 0 Å². The smallest absolute Gasteiger partial charge is 0.159 e. The van der Waals surface area contributed by atoms with E-state index in [1.807, 2.05) is 6.92 Å². The lowest BCUT2D eigenvalue weighted by molar-refractivity contribution is -0.117. The number of hydrogen-bond acceptors (Lipinski definition) is 1. The molecule has 1 aliphatic carbocycles. The molecule has 0 aromatic carbocycles. The van der Waals surface area contributed by atoms with Gasteiger partial charge >= 0.3 is 0 Å². The van der Waals surface area contributed by atoms with Crippen LogP contribution in [0.3, 0.4) is 0 Å². The zero-order chi connectivity index (χ0) is 8.43. The molecule has 62 valence electrons. The van der Waals surface area contributed by atoms with Gasteiger partial charge in [-0.05, 0) is 31.8 Å². The number of carbonyl (C=O) groups is 1. The normalized spacial score (nSPS) is 24.5. The summed E-state index contributed by atoms with van der Waals surface area (Å²) in [5.74, 6) is 1.29. The summed E-state index contributed by atoms with van der Waals surface area (Å²) in [6.07, 6.45) is 3.84. The van der Waals surface area contributed by atoms with Crippen LogP contribution < -0.4 is 0 Å². The first-order chi connectivity index (χ1) is 5.09. The van der Waals surface area contributed by atoms with Crippen molar-refractivity contribution >= 4 is 5.78 Å². The number of carbonyl (C=O) groups excluding carboxylic acids is 1. The van der Waals surface area contributed by atoms with Gasteiger partial charge in [-0.25, -0.2) is 0 Å². The van der Waals surface area contributed by atoms with Gasteiger partial charge in [-0.15, -0.1) is 0 Å². The van der Waals surface area contributed by atoms with Crippen LogP contribution in [0.5, 0.6) is 0 Å². The molecule has 0 saturated carbocycles. The monoisotopic (exact) mass is 152 g/mol. The zero-order valence-electron chi connectivity index (χ0n) is 7.55. The van der Waals surface area contributed by atoms with E-state index >= 15 is 0 Å². The molecule has 0 N–H and O–H groups in total. The van der Waals surface area contributed by atoms with Gasteiger partial charge in [0.2, 0.25) is 0 Å². The van der Waals surface area contributed by atoms with Gasteiger partial charge in [0.1, 0.15) is 0 Å². The Kier molecular flexibility index (Phi) is 2.48. The summed E-state index contributed by atoms with van der Waals surface area (Å²) in [6.45, 7) is 6.38. The number of hydrogen-bond donors (Lipinski definition) is 0. The molecule has 0 aromatic rings. The second-order valence-electron chi connectivity index (χ2n) is 3.92. The Morgan fingerprint density at radius 3 is 2.64 bits per heavy atom. The Morgan fingerprint density at radius 1 is 1.64 bits per heavy atom. The van der Waals surface area contributed by atoms with E-state index < -0.39 is 0 Å². The standard InChI is InChI=1S/C10H16O/c1-7(2)4-9-5-8(3)6-10(9)11/h6-7,9H,4-5H2,1-3H3/t9-/m0/s1. The van der Waals surface area contributed by atoms with Crippen molar-refractivity contribution in [2.45, 2.75) is 33.6 Å². The zero-order valence-corrected chi connectivity index (χ0v) is 7.55. The van der Waals surface area contributed by atoms with E-state index in [4.69, 9.17) is 0 Å². The molecule has 0 amide bonds. The van der Waals surface area contributed by atoms with E-state index in [1.165, 1.54) is 5.57 Å². The molecule has 11 heavy (non-hydrogen) atoms. The lowest BCUT2D eigenvalue weighted by Crippen LogP contribution is -2.09. The van der Waals surface area contributed by atoms with Gasteiger partial charge in [0, 0.05) is 5.92 Å². The first kappa shape index (κ1) is 8.51. The maximum atomic E-state index is 11.2. The molecule has 1 atom stereocenters. The molecule has 1 nitrogen and oxygen atoms in total. The molecule has 0 fully saturated rings. The van der Waals surface area contributed by atoms with Crippen LogP contribution in [0, 0.1) is 11.8 Å². The molecular weight excluding hydrogens is 136 g/mol. The molecule has 1 heteroatoms. The molecule has 0 saturated heterocycles. The molecule has 0 spiro atoms. The largest absolute Gasteiger partial charge is 0.295 e. The molecule has 0 heterocycles. The first-order valence-electron chi connectivity index (χ1n) is 4.30. The minimum atomic E-state index is 0.301. The van der Waals surface area contributed by atoms with Crippen molar-refractivity contribution in [1.82, 2.24) is 0 Å². The van der Waals surface area contributed by atoms with Crippen LogP contribution >= 0.6 is 0 Å². The van der Waals surface area contributed by atoms with Gasteiger partial charge in [-0.2, -0.15) is 0 Å². The third-order valence-electron chi connectivity index (χ3n) is 2.12. The Morgan fingerprint density at radius 2 is 2.27 bits per heavy atom. The molecule has 1 rings (SSSR count). The lowest BCUT2D eigenvalue weighted by Gasteiger charge is -2.10. The van der Waals surface area contributed by atoms with Crippen molar-refractivity contribution in [2.24, 2.45) is 11.8 Å². The van der Waals surface area contributed by atoms with Crippen molar-refractivity contribution in [3.63, 3.8) is 0 Å². The summed E-state index contributed by atoms with van der Waals surface area (Å²) in [4.78, 5) is 11.2. The van der Waals surface area contributed by atoms with E-state index in [2.05, 4.69) is 13.8 Å². The minimum Gasteiger partial charge on any atom is -0.295 e. The Balaban J connectivity index is 2.47. The Bertz CT molecular complexity index is 189. The molecule has 1 aliphatic rings. The van der Waals surface area contributed by atoms with Crippen LogP contribution in [-0.4, -0.2) is 5.78 Å². The van der Waals surface area contributed by atoms with Crippen LogP contribution in [0.2, 0.25) is 0 Å². The summed E-state index contributed by atoms with van der Waals surface area (Å²) < 4.78 is 0. The Hall–Kier alpha value is -0.590. The average molecular weight is 152 g/mol. The van der Waals surface area contributed by atoms with Gasteiger partial charge < -0.3 is 0 Å². The van der Waals surface area contributed by atoms with E-state index in [1.54, 1.807) is 6.08 Å². The summed E-state index contributed by atoms with van der Waals surface area (Å²) in [5.41, 5.74) is 1.25. The second kappa shape index (κ2) is 3.21. The van der Waals surface area contributed by atoms with Crippen molar-refractivity contribution < 1.29 is 4.79 Å². The quantitative estimate of drug-likeness (QED) is 0.594. The average Bonchev–Trinajstić information content (AvgIpc) is 2.09. The maximum Gasteiger partial charge on any atom is 0.159 e. The molecule has 0 radical (unpaired) electrons. The van der Waals surface area contributed by atoms with E-state index in [9.17, 15) is 4.79 Å². The highest BCUT2D eigenvalue weighted by Gasteiger charge is 2.23. The van der Waals surface area contributed by atoms with Crippen LogP contribution in [-0.2, 0) is 4.79 Å². The molecule has 0 unspecified atom stereocenters. The minimum absolute atomic E-state index is 0.301. The SMILES string of the molecule is CC1=CC(=O)[C@@H](CC(C)C)C1. The fourth-order valence-corrected chi connectivity index (χ4v) is 1.68. The van der Waals surface area contributed by atoms with Crippen molar-refractivity contribution in [3.05, 3.63) is 11.6 Å². The third kappa shape index (κ3) is 2.18. The van der Waals surface area contributed by atoms with E-state index in [0.717, 1.165) is 12.8 Å². The summed E-state index contributed by atoms with van der Waals surface area (Å²) in [7, 11) is 0. The number of ketones is 1. The number of rotatable bonds is 2. The van der Waals surface area contributed by atoms with Gasteiger partial charge in [-0.1, -0.05) is 19.4 Å². The van der Waals surface area contributed by atoms with Crippen LogP contribution in [0.25, 0.3) is 0 Å². The highest BCUT2D eigenvalue weighted by Crippen LogP contribution is 2.26. The molecule has 0 aliphatic heterocycles. The Labute approximate surface area is 68.5 Å². The van der Waals surface area contributed by atoms with Gasteiger partial charge in [0.15, 0.2) is 5.78 Å². The van der Waals surface area contributed by atoms with Gasteiger partial charge in [0.25, 0.3) is 0 Å². The fourth-order valence-electron chi connectivity index (χ4n) is 1.68. The maximum absolute atomic E-state index is 11.2. The highest BCUT2D eigenvalue weighted by molar-refractivity contribution is 5.94. The highest BCUT2D eigenvalue weighted by atomic mass is 16.1. The van der Waals surface area contributed by atoms with E-state index in [0.29, 0.717) is 17.6 Å². The molecule has 0 bridgehead atoms. The molecular formula is C10H16O. The van der Waals surface area contributed by atoms with Crippen molar-refractivity contribution in [2.75, 3.05) is 0 Å². The van der Waals surface area contributed by atoms with Gasteiger partial charge in [-0.3, -0.25) is 4.79 Å². The lowest BCUT2D eigenvalue weighted by atomic mass is 9.94. The predicted molar refractivity (Wildman–Crippen MR) is 46.3 cm³/mol. The van der Waals surface area contributed by atoms with Crippen LogP contribution in [0.4, 0.5) is 0 Å². The first-order valence-corrected chi connectivity index (χ1v) is 4.30. The van der Waals surface area contributed by atoms with Crippen molar-refractivity contribution in [1.29, 1.82) is 0 Å². The van der Waals surface area contributed by atoms with Crippen LogP contribution in [0.15, 0.2) is 11.6 Å². The molecule has 0 aromatic heterocycles.